The Hall–Kier alpha value is -5.06. The van der Waals surface area contributed by atoms with Gasteiger partial charge in [-0.05, 0) is 46.2 Å². The van der Waals surface area contributed by atoms with Gasteiger partial charge in [-0.1, -0.05) is 106 Å². The number of aliphatic hydroxyl groups excluding tert-OH is 1. The molecule has 1 aliphatic carbocycles. The van der Waals surface area contributed by atoms with Crippen molar-refractivity contribution in [2.24, 2.45) is 11.3 Å². The van der Waals surface area contributed by atoms with Crippen LogP contribution in [0.1, 0.15) is 49.1 Å². The summed E-state index contributed by atoms with van der Waals surface area (Å²) in [7, 11) is 1.25. The molecule has 1 heterocycles. The molecule has 256 valence electrons. The molecular formula is C39H45N5O5. The van der Waals surface area contributed by atoms with Gasteiger partial charge in [0.15, 0.2) is 0 Å². The van der Waals surface area contributed by atoms with Crippen LogP contribution < -0.4 is 16.1 Å². The van der Waals surface area contributed by atoms with Gasteiger partial charge in [-0.3, -0.25) is 20.0 Å². The number of hydrogen-bond donors (Lipinski definition) is 4. The molecule has 49 heavy (non-hydrogen) atoms. The number of hydrogen-bond acceptors (Lipinski definition) is 7. The standard InChI is InChI=1S/C39H45N5O5/c1-39(2,3)35(42-38(48)49-4)37(47)43-44(24-27-17-19-28(20-18-27)32-16-10-11-21-40-32)25-30(22-26-12-6-5-7-13-26)36(46)41-34-31-15-9-8-14-29(31)23-33(34)45/h5-21,30,33-35,45H,22-25H2,1-4H3,(H,41,46)(H,42,48)(H,43,47)/t30-,33-,34+,35-/m1/s1. The maximum atomic E-state index is 14.2. The molecule has 1 aliphatic rings. The Morgan fingerprint density at radius 3 is 2.27 bits per heavy atom. The number of alkyl carbamates (subject to hydrolysis) is 1. The molecule has 5 rings (SSSR count). The Bertz CT molecular complexity index is 1710. The van der Waals surface area contributed by atoms with Gasteiger partial charge in [0, 0.05) is 31.3 Å². The number of aliphatic hydroxyl groups is 1. The van der Waals surface area contributed by atoms with E-state index in [2.05, 4.69) is 21.0 Å². The predicted octanol–water partition coefficient (Wildman–Crippen LogP) is 4.99. The van der Waals surface area contributed by atoms with Gasteiger partial charge in [-0.25, -0.2) is 9.80 Å². The first kappa shape index (κ1) is 35.3. The van der Waals surface area contributed by atoms with Crippen molar-refractivity contribution < 1.29 is 24.2 Å². The number of hydrazine groups is 1. The van der Waals surface area contributed by atoms with Crippen molar-refractivity contribution in [3.63, 3.8) is 0 Å². The van der Waals surface area contributed by atoms with Crippen LogP contribution in [0, 0.1) is 11.3 Å². The zero-order valence-corrected chi connectivity index (χ0v) is 28.4. The van der Waals surface area contributed by atoms with Crippen molar-refractivity contribution in [3.8, 4) is 11.3 Å². The molecule has 4 atom stereocenters. The summed E-state index contributed by atoms with van der Waals surface area (Å²) in [5.74, 6) is -1.30. The normalized spacial score (nSPS) is 16.7. The first-order valence-electron chi connectivity index (χ1n) is 16.5. The van der Waals surface area contributed by atoms with E-state index in [4.69, 9.17) is 4.74 Å². The lowest BCUT2D eigenvalue weighted by atomic mass is 9.86. The molecule has 0 saturated heterocycles. The number of fused-ring (bicyclic) bond motifs is 1. The van der Waals surface area contributed by atoms with Crippen LogP contribution in [0.4, 0.5) is 4.79 Å². The molecule has 1 aromatic heterocycles. The summed E-state index contributed by atoms with van der Waals surface area (Å²) < 4.78 is 4.81. The van der Waals surface area contributed by atoms with Crippen molar-refractivity contribution in [3.05, 3.63) is 126 Å². The van der Waals surface area contributed by atoms with E-state index in [-0.39, 0.29) is 19.0 Å². The van der Waals surface area contributed by atoms with Crippen LogP contribution in [0.3, 0.4) is 0 Å². The van der Waals surface area contributed by atoms with E-state index < -0.39 is 41.5 Å². The lowest BCUT2D eigenvalue weighted by Gasteiger charge is -2.34. The van der Waals surface area contributed by atoms with Crippen LogP contribution in [0.15, 0.2) is 103 Å². The summed E-state index contributed by atoms with van der Waals surface area (Å²) in [6.45, 7) is 5.98. The summed E-state index contributed by atoms with van der Waals surface area (Å²) in [5, 5.41) is 18.4. The van der Waals surface area contributed by atoms with E-state index in [0.29, 0.717) is 12.8 Å². The van der Waals surface area contributed by atoms with Crippen LogP contribution in [0.25, 0.3) is 11.3 Å². The van der Waals surface area contributed by atoms with Crippen molar-refractivity contribution in [2.75, 3.05) is 13.7 Å². The van der Waals surface area contributed by atoms with E-state index >= 15 is 0 Å². The lowest BCUT2D eigenvalue weighted by Crippen LogP contribution is -2.58. The molecule has 10 heteroatoms. The predicted molar refractivity (Wildman–Crippen MR) is 188 cm³/mol. The monoisotopic (exact) mass is 663 g/mol. The first-order chi connectivity index (χ1) is 23.5. The summed E-state index contributed by atoms with van der Waals surface area (Å²) >= 11 is 0. The second-order valence-electron chi connectivity index (χ2n) is 13.5. The highest BCUT2D eigenvalue weighted by atomic mass is 16.5. The highest BCUT2D eigenvalue weighted by Crippen LogP contribution is 2.32. The number of carbonyl (C=O) groups is 3. The van der Waals surface area contributed by atoms with Crippen molar-refractivity contribution in [1.82, 2.24) is 26.1 Å². The minimum Gasteiger partial charge on any atom is -0.453 e. The number of benzene rings is 3. The molecule has 0 aliphatic heterocycles. The Kier molecular flexibility index (Phi) is 11.4. The van der Waals surface area contributed by atoms with Gasteiger partial charge in [-0.15, -0.1) is 0 Å². The van der Waals surface area contributed by atoms with Gasteiger partial charge in [0.25, 0.3) is 5.91 Å². The molecule has 0 radical (unpaired) electrons. The molecule has 3 aromatic carbocycles. The summed E-state index contributed by atoms with van der Waals surface area (Å²) in [4.78, 5) is 44.7. The molecule has 0 saturated carbocycles. The molecular weight excluding hydrogens is 618 g/mol. The van der Waals surface area contributed by atoms with Gasteiger partial charge >= 0.3 is 6.09 Å². The maximum absolute atomic E-state index is 14.2. The highest BCUT2D eigenvalue weighted by molar-refractivity contribution is 5.86. The van der Waals surface area contributed by atoms with Crippen LogP contribution in [-0.2, 0) is 33.7 Å². The molecule has 0 bridgehead atoms. The van der Waals surface area contributed by atoms with Gasteiger partial charge in [0.1, 0.15) is 6.04 Å². The largest absolute Gasteiger partial charge is 0.453 e. The summed E-state index contributed by atoms with van der Waals surface area (Å²) in [6.07, 6.45) is 1.14. The Balaban J connectivity index is 1.44. The molecule has 0 fully saturated rings. The van der Waals surface area contributed by atoms with Gasteiger partial charge in [0.2, 0.25) is 5.91 Å². The number of carbonyl (C=O) groups excluding carboxylic acids is 3. The van der Waals surface area contributed by atoms with Crippen molar-refractivity contribution >= 4 is 17.9 Å². The summed E-state index contributed by atoms with van der Waals surface area (Å²) in [5.41, 5.74) is 7.93. The van der Waals surface area contributed by atoms with E-state index in [1.54, 1.807) is 11.2 Å². The SMILES string of the molecule is COC(=O)N[C@H](C(=O)NN(Cc1ccc(-c2ccccn2)cc1)C[C@@H](Cc1ccccc1)C(=O)N[C@H]1c2ccccc2C[C@H]1O)C(C)(C)C. The second kappa shape index (κ2) is 15.9. The van der Waals surface area contributed by atoms with Gasteiger partial charge in [-0.2, -0.15) is 0 Å². The molecule has 4 aromatic rings. The zero-order valence-electron chi connectivity index (χ0n) is 28.4. The first-order valence-corrected chi connectivity index (χ1v) is 16.5. The van der Waals surface area contributed by atoms with Crippen LogP contribution in [0.5, 0.6) is 0 Å². The third-order valence-electron chi connectivity index (χ3n) is 8.77. The second-order valence-corrected chi connectivity index (χ2v) is 13.5. The molecule has 4 N–H and O–H groups in total. The van der Waals surface area contributed by atoms with E-state index in [0.717, 1.165) is 33.5 Å². The van der Waals surface area contributed by atoms with Crippen LogP contribution in [0.2, 0.25) is 0 Å². The number of ether oxygens (including phenoxy) is 1. The van der Waals surface area contributed by atoms with E-state index in [1.165, 1.54) is 7.11 Å². The third kappa shape index (κ3) is 9.31. The smallest absolute Gasteiger partial charge is 0.407 e. The number of nitrogens with one attached hydrogen (secondary N) is 3. The van der Waals surface area contributed by atoms with E-state index in [9.17, 15) is 19.5 Å². The minimum absolute atomic E-state index is 0.147. The Morgan fingerprint density at radius 1 is 0.898 bits per heavy atom. The maximum Gasteiger partial charge on any atom is 0.407 e. The minimum atomic E-state index is -0.930. The average Bonchev–Trinajstić information content (AvgIpc) is 3.41. The van der Waals surface area contributed by atoms with Crippen LogP contribution in [-0.4, -0.2) is 58.8 Å². The quantitative estimate of drug-likeness (QED) is 0.157. The van der Waals surface area contributed by atoms with Crippen LogP contribution >= 0.6 is 0 Å². The number of amides is 3. The lowest BCUT2D eigenvalue weighted by molar-refractivity contribution is -0.134. The number of methoxy groups -OCH3 is 1. The molecule has 0 unspecified atom stereocenters. The fourth-order valence-corrected chi connectivity index (χ4v) is 6.18. The highest BCUT2D eigenvalue weighted by Gasteiger charge is 2.36. The number of rotatable bonds is 12. The molecule has 0 spiro atoms. The fourth-order valence-electron chi connectivity index (χ4n) is 6.18. The molecule has 10 nitrogen and oxygen atoms in total. The zero-order chi connectivity index (χ0) is 35.0. The summed E-state index contributed by atoms with van der Waals surface area (Å²) in [6, 6.07) is 29.6. The Labute approximate surface area is 287 Å². The number of pyridine rings is 1. The van der Waals surface area contributed by atoms with Crippen molar-refractivity contribution in [2.45, 2.75) is 58.3 Å². The number of aromatic nitrogens is 1. The van der Waals surface area contributed by atoms with Gasteiger partial charge < -0.3 is 20.5 Å². The topological polar surface area (TPSA) is 133 Å². The third-order valence-corrected chi connectivity index (χ3v) is 8.77. The van der Waals surface area contributed by atoms with Gasteiger partial charge in [0.05, 0.1) is 30.9 Å². The fraction of sp³-hybridized carbons (Fsp3) is 0.333. The van der Waals surface area contributed by atoms with Crippen molar-refractivity contribution in [1.29, 1.82) is 0 Å². The Morgan fingerprint density at radius 2 is 1.59 bits per heavy atom. The molecule has 3 amide bonds. The van der Waals surface area contributed by atoms with E-state index in [1.807, 2.05) is 118 Å². The number of nitrogens with zero attached hydrogens (tertiary/aromatic N) is 2. The average molecular weight is 664 g/mol.